The van der Waals surface area contributed by atoms with E-state index in [1.807, 2.05) is 0 Å². The predicted octanol–water partition coefficient (Wildman–Crippen LogP) is 4.20. The molecule has 0 aromatic heterocycles. The fourth-order valence-electron chi connectivity index (χ4n) is 5.70. The van der Waals surface area contributed by atoms with Crippen LogP contribution in [0.25, 0.3) is 22.3 Å². The summed E-state index contributed by atoms with van der Waals surface area (Å²) in [7, 11) is 0. The van der Waals surface area contributed by atoms with Crippen LogP contribution in [0.15, 0.2) is 97.1 Å². The molecule has 2 radical (unpaired) electrons. The first-order valence-electron chi connectivity index (χ1n) is 11.9. The predicted molar refractivity (Wildman–Crippen MR) is 146 cm³/mol. The molecular weight excluding hydrogens is 622 g/mol. The Balaban J connectivity index is 0.00000137. The maximum absolute atomic E-state index is 2.46. The summed E-state index contributed by atoms with van der Waals surface area (Å²) in [4.78, 5) is 0. The van der Waals surface area contributed by atoms with E-state index < -0.39 is 45.8 Å². The van der Waals surface area contributed by atoms with Crippen LogP contribution in [-0.2, 0) is 12.8 Å². The van der Waals surface area contributed by atoms with Crippen molar-refractivity contribution in [2.45, 2.75) is 33.0 Å². The molecule has 34 heavy (non-hydrogen) atoms. The van der Waals surface area contributed by atoms with Crippen molar-refractivity contribution in [3.05, 3.63) is 108 Å². The summed E-state index contributed by atoms with van der Waals surface area (Å²) in [6, 6.07) is 36.3. The number of rotatable bonds is 5. The van der Waals surface area contributed by atoms with E-state index in [4.69, 9.17) is 0 Å². The van der Waals surface area contributed by atoms with Crippen LogP contribution in [0.2, 0.25) is 7.35 Å². The first-order chi connectivity index (χ1) is 15.8. The normalized spacial score (nSPS) is 17.4. The van der Waals surface area contributed by atoms with Crippen LogP contribution in [0.3, 0.4) is 0 Å². The summed E-state index contributed by atoms with van der Waals surface area (Å²) in [6.07, 6.45) is 5.66. The van der Waals surface area contributed by atoms with Gasteiger partial charge in [-0.3, -0.25) is 0 Å². The molecule has 2 unspecified atom stereocenters. The Morgan fingerprint density at radius 2 is 0.912 bits per heavy atom. The summed E-state index contributed by atoms with van der Waals surface area (Å²) in [6.45, 7) is 0. The van der Waals surface area contributed by atoms with Gasteiger partial charge in [-0.05, 0) is 0 Å². The minimum atomic E-state index is -0.679. The van der Waals surface area contributed by atoms with E-state index in [0.717, 1.165) is 7.35 Å². The van der Waals surface area contributed by atoms with Gasteiger partial charge in [-0.2, -0.15) is 0 Å². The Morgan fingerprint density at radius 1 is 0.500 bits per heavy atom. The molecule has 4 N–H and O–H groups in total. The maximum atomic E-state index is 2.46. The molecule has 0 aliphatic carbocycles. The van der Waals surface area contributed by atoms with Crippen molar-refractivity contribution in [1.29, 1.82) is 0 Å². The average Bonchev–Trinajstić information content (AvgIpc) is 3.47. The van der Waals surface area contributed by atoms with Gasteiger partial charge in [0.15, 0.2) is 0 Å². The third kappa shape index (κ3) is 5.21. The van der Waals surface area contributed by atoms with Crippen molar-refractivity contribution in [1.82, 2.24) is 0 Å². The van der Waals surface area contributed by atoms with E-state index in [1.54, 1.807) is 17.8 Å². The zero-order valence-electron chi connectivity index (χ0n) is 19.4. The standard InChI is InChI=1S/C30H26.2In.2H2O/c1(5-15-27-21-11-13-23-29(27)25-17-7-3-8-18-25)2-6-16-28-22-12-14-24-30(28)26-19-9-4-10-20-26;;;;/h3-14,17-20,23-24H,1-2,15-16H2;;;2*1H2. The van der Waals surface area contributed by atoms with Crippen molar-refractivity contribution in [2.24, 2.45) is 0 Å². The molecule has 0 bridgehead atoms. The van der Waals surface area contributed by atoms with Gasteiger partial charge in [-0.15, -0.1) is 0 Å². The third-order valence-corrected chi connectivity index (χ3v) is 18.3. The molecule has 0 saturated carbocycles. The minimum absolute atomic E-state index is 0. The second-order valence-corrected chi connectivity index (χ2v) is 20.2. The van der Waals surface area contributed by atoms with Crippen molar-refractivity contribution in [3.63, 3.8) is 0 Å². The average molecular weight is 652 g/mol. The summed E-state index contributed by atoms with van der Waals surface area (Å²) in [5, 5.41) is 0. The van der Waals surface area contributed by atoms with Crippen molar-refractivity contribution in [3.8, 4) is 22.3 Å². The van der Waals surface area contributed by atoms with Gasteiger partial charge in [0.1, 0.15) is 0 Å². The van der Waals surface area contributed by atoms with Gasteiger partial charge < -0.3 is 11.0 Å². The Labute approximate surface area is 225 Å². The Hall–Kier alpha value is -1.46. The topological polar surface area (TPSA) is 63.0 Å². The molecule has 2 aliphatic heterocycles. The Bertz CT molecular complexity index is 1140. The van der Waals surface area contributed by atoms with E-state index in [2.05, 4.69) is 97.1 Å². The van der Waals surface area contributed by atoms with Crippen LogP contribution in [0.1, 0.15) is 24.0 Å². The molecule has 0 fully saturated rings. The SMILES string of the molecule is O.O.c1ccc(-c2ccc[c]3c2C[CH](CC[CH]2Cc4[c](cccc4-c4ccccc4)[In]2)[In]3)cc1. The second kappa shape index (κ2) is 11.5. The van der Waals surface area contributed by atoms with Crippen LogP contribution < -0.4 is 6.64 Å². The molecular formula is C30H30In2O2. The number of benzene rings is 4. The zero-order valence-corrected chi connectivity index (χ0v) is 26.0. The zero-order chi connectivity index (χ0) is 21.3. The molecule has 0 amide bonds. The summed E-state index contributed by atoms with van der Waals surface area (Å²) >= 11 is -1.36. The summed E-state index contributed by atoms with van der Waals surface area (Å²) in [5.74, 6) is 0. The van der Waals surface area contributed by atoms with Crippen LogP contribution in [-0.4, -0.2) is 56.8 Å². The fraction of sp³-hybridized carbons (Fsp3) is 0.200. The number of hydrogen-bond donors (Lipinski definition) is 0. The monoisotopic (exact) mass is 652 g/mol. The molecule has 6 rings (SSSR count). The third-order valence-electron chi connectivity index (χ3n) is 7.27. The number of fused-ring (bicyclic) bond motifs is 2. The quantitative estimate of drug-likeness (QED) is 0.311. The Morgan fingerprint density at radius 3 is 1.32 bits per heavy atom. The molecule has 2 nitrogen and oxygen atoms in total. The van der Waals surface area contributed by atoms with Crippen LogP contribution in [0.5, 0.6) is 0 Å². The van der Waals surface area contributed by atoms with Gasteiger partial charge in [-0.25, -0.2) is 0 Å². The van der Waals surface area contributed by atoms with Gasteiger partial charge in [0.05, 0.1) is 0 Å². The van der Waals surface area contributed by atoms with E-state index in [1.165, 1.54) is 47.9 Å². The molecule has 0 spiro atoms. The van der Waals surface area contributed by atoms with Gasteiger partial charge in [0, 0.05) is 0 Å². The molecule has 168 valence electrons. The van der Waals surface area contributed by atoms with Crippen LogP contribution in [0, 0.1) is 0 Å². The van der Waals surface area contributed by atoms with Gasteiger partial charge in [0.2, 0.25) is 0 Å². The molecule has 0 saturated heterocycles. The van der Waals surface area contributed by atoms with Gasteiger partial charge >= 0.3 is 216 Å². The van der Waals surface area contributed by atoms with Crippen molar-refractivity contribution in [2.75, 3.05) is 0 Å². The van der Waals surface area contributed by atoms with Crippen molar-refractivity contribution >= 4 is 52.5 Å². The van der Waals surface area contributed by atoms with E-state index in [9.17, 15) is 0 Å². The molecule has 4 heteroatoms. The Kier molecular flexibility index (Phi) is 8.68. The first-order valence-corrected chi connectivity index (χ1v) is 19.0. The summed E-state index contributed by atoms with van der Waals surface area (Å²) in [5.41, 5.74) is 9.23. The molecule has 2 aliphatic rings. The fourth-order valence-corrected chi connectivity index (χ4v) is 16.6. The van der Waals surface area contributed by atoms with E-state index in [-0.39, 0.29) is 11.0 Å². The molecule has 2 atom stereocenters. The molecule has 4 aromatic carbocycles. The van der Waals surface area contributed by atoms with Crippen LogP contribution in [0.4, 0.5) is 0 Å². The van der Waals surface area contributed by atoms with Crippen molar-refractivity contribution < 1.29 is 11.0 Å². The molecule has 2 heterocycles. The second-order valence-electron chi connectivity index (χ2n) is 9.32. The van der Waals surface area contributed by atoms with E-state index >= 15 is 0 Å². The summed E-state index contributed by atoms with van der Waals surface area (Å²) < 4.78 is 5.61. The molecule has 4 aromatic rings. The van der Waals surface area contributed by atoms with Gasteiger partial charge in [0.25, 0.3) is 0 Å². The number of hydrogen-bond acceptors (Lipinski definition) is 0. The van der Waals surface area contributed by atoms with E-state index in [0.29, 0.717) is 0 Å². The van der Waals surface area contributed by atoms with Crippen LogP contribution >= 0.6 is 0 Å². The van der Waals surface area contributed by atoms with Gasteiger partial charge in [-0.1, -0.05) is 0 Å². The first kappa shape index (κ1) is 25.6.